The van der Waals surface area contributed by atoms with Gasteiger partial charge in [0.2, 0.25) is 0 Å². The first kappa shape index (κ1) is 62.4. The van der Waals surface area contributed by atoms with Crippen molar-refractivity contribution in [2.75, 3.05) is 36.4 Å². The van der Waals surface area contributed by atoms with Gasteiger partial charge in [0.05, 0.1) is 22.5 Å². The number of hydrogen-bond acceptors (Lipinski definition) is 14. The first-order chi connectivity index (χ1) is 39.7. The lowest BCUT2D eigenvalue weighted by Crippen LogP contribution is -2.62. The van der Waals surface area contributed by atoms with E-state index in [1.807, 2.05) is 70.2 Å². The number of nitrogens with zero attached hydrogens (tertiary/aromatic N) is 8. The van der Waals surface area contributed by atoms with Crippen LogP contribution in [0.2, 0.25) is 5.02 Å². The zero-order valence-electron chi connectivity index (χ0n) is 50.7. The molecule has 7 heterocycles. The van der Waals surface area contributed by atoms with Crippen LogP contribution in [0.15, 0.2) is 64.5 Å². The van der Waals surface area contributed by atoms with Crippen LogP contribution < -0.4 is 21.1 Å². The Labute approximate surface area is 499 Å². The molecule has 18 heteroatoms. The lowest BCUT2D eigenvalue weighted by atomic mass is 9.69. The average Bonchev–Trinajstić information content (AvgIpc) is 2.26. The number of unbranched alkanes of at least 4 members (excludes halogenated alkanes) is 5. The minimum absolute atomic E-state index is 0.0211. The number of pyridine rings is 3. The molecule has 3 unspecified atom stereocenters. The number of aromatic amines is 1. The molecule has 0 saturated carbocycles. The van der Waals surface area contributed by atoms with Gasteiger partial charge in [-0.1, -0.05) is 90.0 Å². The van der Waals surface area contributed by atoms with Gasteiger partial charge in [0.1, 0.15) is 34.3 Å². The first-order valence-corrected chi connectivity index (χ1v) is 31.1. The molecule has 0 spiro atoms. The van der Waals surface area contributed by atoms with Gasteiger partial charge in [0, 0.05) is 113 Å². The van der Waals surface area contributed by atoms with E-state index in [2.05, 4.69) is 88.6 Å². The number of anilines is 2. The minimum Gasteiger partial charge on any atom is -0.367 e. The number of hydrogen-bond donors (Lipinski definition) is 4. The summed E-state index contributed by atoms with van der Waals surface area (Å²) in [7, 11) is 0. The number of ketones is 2. The number of H-pyrrole nitrogens is 1. The number of carbonyl (C=O) groups excluding carboxylic acids is 3. The zero-order valence-corrected chi connectivity index (χ0v) is 52.2. The highest BCUT2D eigenvalue weighted by molar-refractivity contribution is 7.15. The van der Waals surface area contributed by atoms with Gasteiger partial charge in [0.15, 0.2) is 11.6 Å². The predicted octanol–water partition coefficient (Wildman–Crippen LogP) is 13.0. The molecule has 442 valence electrons. The van der Waals surface area contributed by atoms with E-state index in [0.717, 1.165) is 140 Å². The number of thiophene rings is 1. The van der Waals surface area contributed by atoms with Gasteiger partial charge in [-0.3, -0.25) is 33.6 Å². The van der Waals surface area contributed by atoms with Crippen LogP contribution in [0, 0.1) is 38.5 Å². The smallest absolute Gasteiger partial charge is 0.253 e. The van der Waals surface area contributed by atoms with E-state index in [9.17, 15) is 19.2 Å². The van der Waals surface area contributed by atoms with E-state index < -0.39 is 22.9 Å². The summed E-state index contributed by atoms with van der Waals surface area (Å²) in [4.78, 5) is 79.3. The van der Waals surface area contributed by atoms with Gasteiger partial charge in [-0.2, -0.15) is 0 Å². The Morgan fingerprint density at radius 1 is 0.904 bits per heavy atom. The highest BCUT2D eigenvalue weighted by Crippen LogP contribution is 2.41. The summed E-state index contributed by atoms with van der Waals surface area (Å²) in [5.41, 5.74) is 6.84. The Morgan fingerprint density at radius 3 is 2.25 bits per heavy atom. The average molecular weight is 1170 g/mol. The highest BCUT2D eigenvalue weighted by atomic mass is 35.5. The van der Waals surface area contributed by atoms with Crippen LogP contribution in [-0.2, 0) is 22.6 Å². The Balaban J connectivity index is 0.822. The predicted molar refractivity (Wildman–Crippen MR) is 337 cm³/mol. The summed E-state index contributed by atoms with van der Waals surface area (Å²) >= 11 is 8.01. The second-order valence-corrected chi connectivity index (χ2v) is 25.1. The van der Waals surface area contributed by atoms with Gasteiger partial charge >= 0.3 is 0 Å². The number of fused-ring (bicyclic) bond motifs is 3. The number of aryl methyl sites for hydroxylation is 4. The summed E-state index contributed by atoms with van der Waals surface area (Å²) in [5, 5.41) is 25.3. The van der Waals surface area contributed by atoms with E-state index in [0.29, 0.717) is 64.3 Å². The van der Waals surface area contributed by atoms with Crippen LogP contribution in [-0.4, -0.2) is 102 Å². The van der Waals surface area contributed by atoms with Crippen LogP contribution in [0.5, 0.6) is 0 Å². The highest BCUT2D eigenvalue weighted by Gasteiger charge is 2.47. The molecule has 0 radical (unpaired) electrons. The first-order valence-electron chi connectivity index (χ1n) is 29.9. The Bertz CT molecular complexity index is 3390. The van der Waals surface area contributed by atoms with Crippen molar-refractivity contribution < 1.29 is 14.4 Å². The van der Waals surface area contributed by atoms with E-state index in [4.69, 9.17) is 32.0 Å². The molecule has 1 saturated heterocycles. The third-order valence-corrected chi connectivity index (χ3v) is 18.7. The van der Waals surface area contributed by atoms with Crippen LogP contribution in [0.3, 0.4) is 0 Å². The van der Waals surface area contributed by atoms with Crippen LogP contribution in [0.25, 0.3) is 16.3 Å². The Hall–Kier alpha value is -6.69. The van der Waals surface area contributed by atoms with Crippen molar-refractivity contribution in [2.45, 2.75) is 184 Å². The zero-order chi connectivity index (χ0) is 59.8. The van der Waals surface area contributed by atoms with E-state index >= 15 is 0 Å². The van der Waals surface area contributed by atoms with Gasteiger partial charge in [0.25, 0.3) is 11.5 Å². The summed E-state index contributed by atoms with van der Waals surface area (Å²) in [6.07, 6.45) is 13.5. The Kier molecular flexibility index (Phi) is 20.5. The number of aromatic nitrogens is 6. The molecule has 8 rings (SSSR count). The SMILES string of the molecule is CCCc1cc(C)[nH]c(=O)c1CNC(=O)c1cc(-c2ccc(N3CCN(C(C)(CC)C(=O)C(C)(CC)CCCCCCCCC(=O)CC4N=C(c5ccc(Cl)cc5)c5c(sc(C)c5C)-n5c(C)nnc54)CC3)nc2)nc(NC(C)C)c1C=N. The molecule has 5 aromatic heterocycles. The number of benzene rings is 1. The molecule has 3 atom stereocenters. The summed E-state index contributed by atoms with van der Waals surface area (Å²) < 4.78 is 2.10. The fourth-order valence-electron chi connectivity index (χ4n) is 11.9. The minimum atomic E-state index is -0.604. The molecule has 83 heavy (non-hydrogen) atoms. The second kappa shape index (κ2) is 27.3. The van der Waals surface area contributed by atoms with Crippen molar-refractivity contribution in [3.05, 3.63) is 131 Å². The molecule has 6 aromatic rings. The molecule has 4 N–H and O–H groups in total. The summed E-state index contributed by atoms with van der Waals surface area (Å²) in [6.45, 7) is 25.6. The van der Waals surface area contributed by atoms with Crippen LogP contribution >= 0.6 is 22.9 Å². The maximum atomic E-state index is 14.8. The molecule has 0 aliphatic carbocycles. The van der Waals surface area contributed by atoms with Crippen LogP contribution in [0.1, 0.15) is 198 Å². The quantitative estimate of drug-likeness (QED) is 0.0282. The topological polar surface area (TPSA) is 207 Å². The number of aliphatic imine (C=N–C) groups is 1. The fraction of sp³-hybridized carbons (Fsp3) is 0.508. The summed E-state index contributed by atoms with van der Waals surface area (Å²) in [6, 6.07) is 14.9. The molecular formula is C65H85ClN12O4S. The van der Waals surface area contributed by atoms with Crippen molar-refractivity contribution in [1.29, 1.82) is 5.41 Å². The fourth-order valence-corrected chi connectivity index (χ4v) is 13.3. The van der Waals surface area contributed by atoms with Crippen molar-refractivity contribution >= 4 is 64.0 Å². The van der Waals surface area contributed by atoms with Gasteiger partial charge < -0.3 is 25.9 Å². The second-order valence-electron chi connectivity index (χ2n) is 23.5. The van der Waals surface area contributed by atoms with Crippen molar-refractivity contribution in [2.24, 2.45) is 10.4 Å². The monoisotopic (exact) mass is 1160 g/mol. The van der Waals surface area contributed by atoms with E-state index in [-0.39, 0.29) is 35.9 Å². The van der Waals surface area contributed by atoms with E-state index in [1.54, 1.807) is 23.6 Å². The number of piperazine rings is 1. The van der Waals surface area contributed by atoms with Gasteiger partial charge in [-0.25, -0.2) is 9.97 Å². The number of Topliss-reactive ketones (excluding diaryl/α,β-unsaturated/α-hetero) is 2. The third kappa shape index (κ3) is 14.0. The molecule has 1 fully saturated rings. The lowest BCUT2D eigenvalue weighted by molar-refractivity contribution is -0.141. The normalized spacial score (nSPS) is 15.9. The summed E-state index contributed by atoms with van der Waals surface area (Å²) in [5.74, 6) is 2.80. The molecule has 1 amide bonds. The molecule has 0 bridgehead atoms. The molecule has 1 aromatic carbocycles. The third-order valence-electron chi connectivity index (χ3n) is 17.2. The molecule has 2 aliphatic heterocycles. The maximum Gasteiger partial charge on any atom is 0.253 e. The van der Waals surface area contributed by atoms with Gasteiger partial charge in [-0.15, -0.1) is 21.5 Å². The van der Waals surface area contributed by atoms with Crippen molar-refractivity contribution in [3.63, 3.8) is 0 Å². The molecular weight excluding hydrogens is 1080 g/mol. The number of nitrogens with one attached hydrogen (secondary N) is 4. The van der Waals surface area contributed by atoms with Crippen molar-refractivity contribution in [3.8, 4) is 16.3 Å². The van der Waals surface area contributed by atoms with E-state index in [1.165, 1.54) is 4.88 Å². The number of rotatable bonds is 27. The Morgan fingerprint density at radius 2 is 1.60 bits per heavy atom. The standard InChI is InChI=1S/C65H85ClN12O4S/c1-12-21-46-34-41(6)71-61(81)52(46)39-69-60(80)50-36-53(73-58(51(50)37-67)70-40(4)5)47-25-28-55(68-38-47)76-30-32-77(33-31-76)65(11,14-3)63(82)64(10,13-2)29-20-18-16-15-17-19-22-49(79)35-54-59-75-74-44(9)78(59)62-56(42(7)43(8)83-62)57(72-54)45-23-26-48(66)27-24-45/h23-28,34,36-38,40,54,67H,12-22,29-33,35,39H2,1-11H3,(H,69,80)(H,70,73)(H,71,81). The maximum absolute atomic E-state index is 14.8. The van der Waals surface area contributed by atoms with Gasteiger partial charge in [-0.05, 0) is 128 Å². The lowest BCUT2D eigenvalue weighted by Gasteiger charge is -2.48. The molecule has 16 nitrogen and oxygen atoms in total. The number of carbonyl (C=O) groups is 3. The van der Waals surface area contributed by atoms with Crippen molar-refractivity contribution in [1.82, 2.24) is 39.9 Å². The largest absolute Gasteiger partial charge is 0.367 e. The molecule has 2 aliphatic rings. The number of halogens is 1. The van der Waals surface area contributed by atoms with Crippen LogP contribution in [0.4, 0.5) is 11.6 Å². The number of amides is 1.